The number of hydrogen-bond acceptors (Lipinski definition) is 13. The Morgan fingerprint density at radius 3 is 2.10 bits per heavy atom. The summed E-state index contributed by atoms with van der Waals surface area (Å²) >= 11 is 0. The molecule has 0 saturated carbocycles. The molecule has 10 N–H and O–H groups in total. The molecule has 1 aliphatic rings. The topological polar surface area (TPSA) is 290 Å². The molecule has 380 valence electrons. The molecule has 20 nitrogen and oxygen atoms in total. The monoisotopic (exact) mass is 974 g/mol. The zero-order valence-electron chi connectivity index (χ0n) is 41.5. The van der Waals surface area contributed by atoms with Gasteiger partial charge in [0, 0.05) is 44.6 Å². The number of carbonyl (C=O) groups excluding carboxylic acids is 5. The van der Waals surface area contributed by atoms with E-state index < -0.39 is 86.8 Å². The van der Waals surface area contributed by atoms with Crippen LogP contribution in [0.4, 0.5) is 0 Å². The lowest BCUT2D eigenvalue weighted by Gasteiger charge is -2.29. The Morgan fingerprint density at radius 2 is 1.47 bits per heavy atom. The Kier molecular flexibility index (Phi) is 21.7. The van der Waals surface area contributed by atoms with Crippen LogP contribution in [0, 0.1) is 32.1 Å². The molecule has 5 atom stereocenters. The third kappa shape index (κ3) is 17.6. The zero-order valence-corrected chi connectivity index (χ0v) is 42.3. The normalized spacial score (nSPS) is 15.3. The Balaban J connectivity index is 1.70. The molecule has 0 fully saturated rings. The fourth-order valence-corrected chi connectivity index (χ4v) is 8.89. The molecule has 1 heterocycles. The van der Waals surface area contributed by atoms with Gasteiger partial charge in [0.2, 0.25) is 35.5 Å². The van der Waals surface area contributed by atoms with Gasteiger partial charge in [0.1, 0.15) is 36.1 Å². The van der Waals surface area contributed by atoms with Crippen molar-refractivity contribution in [2.75, 3.05) is 53.2 Å². The second-order valence-electron chi connectivity index (χ2n) is 18.6. The first-order valence-corrected chi connectivity index (χ1v) is 24.4. The third-order valence-electron chi connectivity index (χ3n) is 11.3. The maximum absolute atomic E-state index is 13.8. The average molecular weight is 974 g/mol. The summed E-state index contributed by atoms with van der Waals surface area (Å²) in [6, 6.07) is 5.01. The summed E-state index contributed by atoms with van der Waals surface area (Å²) in [6.07, 6.45) is 0.955. The fourth-order valence-electron chi connectivity index (χ4n) is 7.36. The Morgan fingerprint density at radius 1 is 0.838 bits per heavy atom. The summed E-state index contributed by atoms with van der Waals surface area (Å²) in [5.74, 6) is -3.61. The van der Waals surface area contributed by atoms with Crippen molar-refractivity contribution in [2.24, 2.45) is 11.7 Å². The van der Waals surface area contributed by atoms with Crippen molar-refractivity contribution in [1.29, 1.82) is 5.41 Å². The van der Waals surface area contributed by atoms with E-state index in [1.54, 1.807) is 48.5 Å². The number of ether oxygens (including phenoxy) is 4. The lowest BCUT2D eigenvalue weighted by Crippen LogP contribution is -2.58. The van der Waals surface area contributed by atoms with E-state index in [1.165, 1.54) is 7.05 Å². The van der Waals surface area contributed by atoms with E-state index in [9.17, 15) is 32.4 Å². The van der Waals surface area contributed by atoms with Crippen LogP contribution < -0.4 is 47.1 Å². The molecule has 21 heteroatoms. The summed E-state index contributed by atoms with van der Waals surface area (Å²) in [5.41, 5.74) is 7.67. The van der Waals surface area contributed by atoms with E-state index in [1.807, 2.05) is 51.1 Å². The van der Waals surface area contributed by atoms with Crippen molar-refractivity contribution in [1.82, 2.24) is 36.6 Å². The minimum absolute atomic E-state index is 0.0391. The van der Waals surface area contributed by atoms with Crippen molar-refractivity contribution < 1.29 is 51.3 Å². The fraction of sp³-hybridized carbons (Fsp3) is 0.617. The van der Waals surface area contributed by atoms with E-state index in [2.05, 4.69) is 36.6 Å². The average Bonchev–Trinajstić information content (AvgIpc) is 3.60. The summed E-state index contributed by atoms with van der Waals surface area (Å²) in [6.45, 7) is 18.1. The summed E-state index contributed by atoms with van der Waals surface area (Å²) in [4.78, 5) is 67.3. The number of hydrogen-bond donors (Lipinski definition) is 9. The van der Waals surface area contributed by atoms with Crippen LogP contribution in [-0.4, -0.2) is 132 Å². The van der Waals surface area contributed by atoms with Crippen molar-refractivity contribution >= 4 is 45.5 Å². The van der Waals surface area contributed by atoms with Crippen molar-refractivity contribution in [2.45, 2.75) is 135 Å². The first-order chi connectivity index (χ1) is 31.8. The Labute approximate surface area is 401 Å². The number of nitrogens with two attached hydrogens (primary N) is 1. The van der Waals surface area contributed by atoms with E-state index in [-0.39, 0.29) is 57.1 Å². The van der Waals surface area contributed by atoms with Gasteiger partial charge in [-0.15, -0.1) is 0 Å². The number of guanidine groups is 1. The van der Waals surface area contributed by atoms with Gasteiger partial charge in [0.05, 0.1) is 42.8 Å². The Bertz CT molecular complexity index is 2180. The molecular formula is C47H75N9O11S. The maximum Gasteiger partial charge on any atom is 0.264 e. The van der Waals surface area contributed by atoms with Crippen LogP contribution in [0.3, 0.4) is 0 Å². The van der Waals surface area contributed by atoms with Gasteiger partial charge in [-0.3, -0.25) is 29.4 Å². The highest BCUT2D eigenvalue weighted by molar-refractivity contribution is 7.90. The number of sulfonamides is 1. The van der Waals surface area contributed by atoms with Crippen LogP contribution in [0.1, 0.15) is 89.1 Å². The maximum atomic E-state index is 13.8. The number of fused-ring (bicyclic) bond motifs is 1. The number of carbonyl (C=O) groups is 5. The molecule has 2 aromatic carbocycles. The number of likely N-dealkylation sites (N-methyl/N-ethyl adjacent to an activating group) is 1. The lowest BCUT2D eigenvalue weighted by atomic mass is 9.94. The number of nitrogens with one attached hydrogen (secondary N) is 8. The van der Waals surface area contributed by atoms with Crippen molar-refractivity contribution in [3.05, 3.63) is 58.1 Å². The Hall–Kier alpha value is -5.35. The van der Waals surface area contributed by atoms with Crippen LogP contribution in [0.15, 0.2) is 35.2 Å². The van der Waals surface area contributed by atoms with Crippen LogP contribution in [-0.2, 0) is 61.0 Å². The number of amides is 5. The highest BCUT2D eigenvalue weighted by atomic mass is 32.2. The van der Waals surface area contributed by atoms with Crippen molar-refractivity contribution in [3.63, 3.8) is 0 Å². The molecule has 0 aliphatic carbocycles. The van der Waals surface area contributed by atoms with Gasteiger partial charge in [0.25, 0.3) is 10.0 Å². The van der Waals surface area contributed by atoms with Gasteiger partial charge in [0.15, 0.2) is 0 Å². The van der Waals surface area contributed by atoms with Gasteiger partial charge in [-0.25, -0.2) is 13.1 Å². The SMILES string of the molecule is CNC(=O)[C@H](Cc1ccccc1)NC(=O)[C@H](COC(C)(C)C)NC(=O)[C@@H](C)C(C)NC(=O)[C@H](CCCNC(=N)NS(=O)(=O)c1c(C)c(C)c2c(c1C)CC(C)(C)O2)NC(=O)COCCOCCN. The molecule has 0 bridgehead atoms. The smallest absolute Gasteiger partial charge is 0.264 e. The standard InChI is InChI=1S/C47H75N9O11S/c1-28-29(2)40(31(4)34-25-47(9,10)67-39(28)34)68(62,63)56-45(49)51-20-15-18-35(53-38(57)27-65-23-22-64-21-19-48)43(60)52-32(5)30(3)41(58)55-37(26-66-46(6,7)8)44(61)54-36(42(59)50-11)24-33-16-13-12-14-17-33/h12-14,16-17,30,32,35-37H,15,18-27,48H2,1-11H3,(H,50,59)(H,52,60)(H,53,57)(H,54,61)(H,55,58)(H3,49,51,56)/t30-,32?,35-,36-,37-/m0/s1. The van der Waals surface area contributed by atoms with Gasteiger partial charge >= 0.3 is 0 Å². The van der Waals surface area contributed by atoms with Gasteiger partial charge in [-0.05, 0) is 97.4 Å². The van der Waals surface area contributed by atoms with Crippen LogP contribution in [0.5, 0.6) is 5.75 Å². The highest BCUT2D eigenvalue weighted by Gasteiger charge is 2.37. The molecular weight excluding hydrogens is 899 g/mol. The molecule has 0 saturated heterocycles. The molecule has 1 unspecified atom stereocenters. The zero-order chi connectivity index (χ0) is 51.0. The second kappa shape index (κ2) is 25.9. The summed E-state index contributed by atoms with van der Waals surface area (Å²) in [5, 5.41) is 24.7. The van der Waals surface area contributed by atoms with E-state index in [0.29, 0.717) is 42.0 Å². The minimum atomic E-state index is -4.20. The van der Waals surface area contributed by atoms with Crippen LogP contribution in [0.2, 0.25) is 0 Å². The summed E-state index contributed by atoms with van der Waals surface area (Å²) in [7, 11) is -2.73. The first-order valence-electron chi connectivity index (χ1n) is 22.9. The predicted octanol–water partition coefficient (Wildman–Crippen LogP) is 1.30. The summed E-state index contributed by atoms with van der Waals surface area (Å²) < 4.78 is 52.4. The predicted molar refractivity (Wildman–Crippen MR) is 258 cm³/mol. The van der Waals surface area contributed by atoms with E-state index >= 15 is 0 Å². The number of rotatable bonds is 26. The lowest BCUT2D eigenvalue weighted by molar-refractivity contribution is -0.136. The van der Waals surface area contributed by atoms with Crippen molar-refractivity contribution in [3.8, 4) is 5.75 Å². The van der Waals surface area contributed by atoms with Crippen LogP contribution >= 0.6 is 0 Å². The van der Waals surface area contributed by atoms with Gasteiger partial charge < -0.3 is 56.6 Å². The number of benzene rings is 2. The molecule has 0 spiro atoms. The molecule has 68 heavy (non-hydrogen) atoms. The largest absolute Gasteiger partial charge is 0.487 e. The van der Waals surface area contributed by atoms with Gasteiger partial charge in [-0.2, -0.15) is 0 Å². The van der Waals surface area contributed by atoms with E-state index in [4.69, 9.17) is 30.1 Å². The van der Waals surface area contributed by atoms with Crippen LogP contribution in [0.25, 0.3) is 0 Å². The van der Waals surface area contributed by atoms with E-state index in [0.717, 1.165) is 11.1 Å². The minimum Gasteiger partial charge on any atom is -0.487 e. The highest BCUT2D eigenvalue weighted by Crippen LogP contribution is 2.43. The molecule has 3 rings (SSSR count). The van der Waals surface area contributed by atoms with Gasteiger partial charge in [-0.1, -0.05) is 37.3 Å². The molecule has 2 aromatic rings. The molecule has 1 aliphatic heterocycles. The molecule has 5 amide bonds. The third-order valence-corrected chi connectivity index (χ3v) is 12.9. The molecule has 0 radical (unpaired) electrons. The first kappa shape index (κ1) is 57.0. The quantitative estimate of drug-likeness (QED) is 0.0366. The molecule has 0 aromatic heterocycles. The second-order valence-corrected chi connectivity index (χ2v) is 20.2.